The van der Waals surface area contributed by atoms with Crippen molar-refractivity contribution >= 4 is 22.0 Å². The molecule has 0 atom stereocenters. The zero-order chi connectivity index (χ0) is 14.2. The molecule has 0 aliphatic heterocycles. The highest BCUT2D eigenvalue weighted by Gasteiger charge is 2.22. The number of benzene rings is 2. The molecular weight excluding hydrogens is 262 g/mol. The Morgan fingerprint density at radius 3 is 2.45 bits per heavy atom. The van der Waals surface area contributed by atoms with Gasteiger partial charge < -0.3 is 4.72 Å². The fraction of sp³-hybridized carbons (Fsp3) is 0.222. The third-order valence-corrected chi connectivity index (χ3v) is 5.95. The second kappa shape index (κ2) is 5.02. The third-order valence-electron chi connectivity index (χ3n) is 3.72. The number of allylic oxidation sites excluding steroid dienone is 1. The van der Waals surface area contributed by atoms with E-state index >= 15 is 0 Å². The Kier molecular flexibility index (Phi) is 3.35. The van der Waals surface area contributed by atoms with Crippen molar-refractivity contribution < 1.29 is 0 Å². The minimum Gasteiger partial charge on any atom is -0.344 e. The largest absolute Gasteiger partial charge is 0.344 e. The van der Waals surface area contributed by atoms with Gasteiger partial charge in [0.05, 0.1) is 0 Å². The summed E-state index contributed by atoms with van der Waals surface area (Å²) in [5.41, 5.74) is 5.57. The van der Waals surface area contributed by atoms with Crippen molar-refractivity contribution in [3.05, 3.63) is 65.2 Å². The molecule has 2 heteroatoms. The number of fused-ring (bicyclic) bond motifs is 1. The van der Waals surface area contributed by atoms with Crippen LogP contribution in [0, 0.1) is 0 Å². The minimum absolute atomic E-state index is 1.05. The number of hydrogen-bond acceptors (Lipinski definition) is 1. The Morgan fingerprint density at radius 2 is 1.70 bits per heavy atom. The molecule has 2 aromatic rings. The van der Waals surface area contributed by atoms with Crippen LogP contribution in [0.15, 0.2) is 59.0 Å². The van der Waals surface area contributed by atoms with Crippen molar-refractivity contribution in [1.82, 2.24) is 0 Å². The fourth-order valence-electron chi connectivity index (χ4n) is 2.84. The zero-order valence-corrected chi connectivity index (χ0v) is 13.1. The van der Waals surface area contributed by atoms with E-state index in [-0.39, 0.29) is 0 Å². The molecule has 1 nitrogen and oxygen atoms in total. The van der Waals surface area contributed by atoms with Crippen LogP contribution >= 0.6 is 10.2 Å². The Bertz CT molecular complexity index is 656. The Hall–Kier alpha value is -1.67. The smallest absolute Gasteiger partial charge is 0.0429 e. The molecule has 0 bridgehead atoms. The lowest BCUT2D eigenvalue weighted by atomic mass is 10.1. The summed E-state index contributed by atoms with van der Waals surface area (Å²) in [6.07, 6.45) is 8.09. The summed E-state index contributed by atoms with van der Waals surface area (Å²) >= 11 is 0. The van der Waals surface area contributed by atoms with E-state index in [9.17, 15) is 0 Å². The molecule has 1 aliphatic carbocycles. The van der Waals surface area contributed by atoms with Crippen LogP contribution in [-0.2, 0) is 6.42 Å². The summed E-state index contributed by atoms with van der Waals surface area (Å²) in [5, 5.41) is 0. The molecule has 0 amide bonds. The number of nitrogens with one attached hydrogen (secondary N) is 1. The molecule has 0 unspecified atom stereocenters. The quantitative estimate of drug-likeness (QED) is 0.826. The van der Waals surface area contributed by atoms with Crippen LogP contribution < -0.4 is 4.72 Å². The van der Waals surface area contributed by atoms with E-state index in [0.717, 1.165) is 6.42 Å². The van der Waals surface area contributed by atoms with Crippen LogP contribution in [-0.4, -0.2) is 12.5 Å². The highest BCUT2D eigenvalue weighted by Crippen LogP contribution is 2.52. The lowest BCUT2D eigenvalue weighted by molar-refractivity contribution is 1.13. The van der Waals surface area contributed by atoms with E-state index in [0.29, 0.717) is 0 Å². The van der Waals surface area contributed by atoms with Crippen LogP contribution in [0.4, 0.5) is 5.69 Å². The first-order chi connectivity index (χ1) is 9.56. The monoisotopic (exact) mass is 283 g/mol. The van der Waals surface area contributed by atoms with E-state index in [2.05, 4.69) is 78.8 Å². The van der Waals surface area contributed by atoms with Gasteiger partial charge in [0.25, 0.3) is 0 Å². The van der Waals surface area contributed by atoms with E-state index in [4.69, 9.17) is 0 Å². The molecule has 3 rings (SSSR count). The molecule has 104 valence electrons. The van der Waals surface area contributed by atoms with Gasteiger partial charge in [-0.05, 0) is 55.2 Å². The predicted octanol–water partition coefficient (Wildman–Crippen LogP) is 5.10. The van der Waals surface area contributed by atoms with Gasteiger partial charge in [-0.1, -0.05) is 42.0 Å². The van der Waals surface area contributed by atoms with Gasteiger partial charge in [-0.15, -0.1) is 10.2 Å². The lowest BCUT2D eigenvalue weighted by Gasteiger charge is -2.35. The zero-order valence-electron chi connectivity index (χ0n) is 12.3. The van der Waals surface area contributed by atoms with E-state index in [1.54, 1.807) is 0 Å². The van der Waals surface area contributed by atoms with Crippen molar-refractivity contribution in [3.8, 4) is 0 Å². The van der Waals surface area contributed by atoms with E-state index < -0.39 is 10.2 Å². The van der Waals surface area contributed by atoms with Gasteiger partial charge in [-0.25, -0.2) is 0 Å². The molecule has 0 fully saturated rings. The Morgan fingerprint density at radius 1 is 0.950 bits per heavy atom. The van der Waals surface area contributed by atoms with Crippen LogP contribution in [0.3, 0.4) is 0 Å². The highest BCUT2D eigenvalue weighted by molar-refractivity contribution is 8.33. The van der Waals surface area contributed by atoms with Crippen LogP contribution in [0.1, 0.15) is 18.1 Å². The normalized spacial score (nSPS) is 14.7. The molecule has 0 aromatic heterocycles. The van der Waals surface area contributed by atoms with Gasteiger partial charge in [-0.2, -0.15) is 0 Å². The second-order valence-corrected chi connectivity index (χ2v) is 9.08. The maximum atomic E-state index is 3.74. The second-order valence-electron chi connectivity index (χ2n) is 5.79. The van der Waals surface area contributed by atoms with Crippen molar-refractivity contribution in [2.75, 3.05) is 17.2 Å². The maximum absolute atomic E-state index is 3.74. The van der Waals surface area contributed by atoms with E-state index in [1.807, 2.05) is 0 Å². The number of rotatable bonds is 3. The van der Waals surface area contributed by atoms with Crippen LogP contribution in [0.5, 0.6) is 0 Å². The summed E-state index contributed by atoms with van der Waals surface area (Å²) in [5.74, 6) is 0. The van der Waals surface area contributed by atoms with Crippen molar-refractivity contribution in [2.45, 2.75) is 18.2 Å². The van der Waals surface area contributed by atoms with Gasteiger partial charge in [0, 0.05) is 10.6 Å². The molecule has 0 heterocycles. The highest BCUT2D eigenvalue weighted by atomic mass is 32.3. The predicted molar refractivity (Wildman–Crippen MR) is 91.6 cm³/mol. The number of para-hydroxylation sites is 1. The SMILES string of the molecule is CC1=Cc2cccc(S(C)(C)Nc3ccccc3)c2C1. The topological polar surface area (TPSA) is 12.0 Å². The van der Waals surface area contributed by atoms with Crippen molar-refractivity contribution in [1.29, 1.82) is 0 Å². The van der Waals surface area contributed by atoms with Gasteiger partial charge in [-0.3, -0.25) is 0 Å². The van der Waals surface area contributed by atoms with Gasteiger partial charge >= 0.3 is 0 Å². The third kappa shape index (κ3) is 2.48. The maximum Gasteiger partial charge on any atom is 0.0429 e. The average molecular weight is 283 g/mol. The average Bonchev–Trinajstić information content (AvgIpc) is 2.79. The standard InChI is InChI=1S/C18H21NS/c1-14-12-15-8-7-11-18(17(15)13-14)20(2,3)19-16-9-5-4-6-10-16/h4-12,19H,13H2,1-3H3. The molecule has 0 saturated heterocycles. The van der Waals surface area contributed by atoms with Crippen molar-refractivity contribution in [2.24, 2.45) is 0 Å². The van der Waals surface area contributed by atoms with E-state index in [1.165, 1.54) is 27.3 Å². The summed E-state index contributed by atoms with van der Waals surface area (Å²) in [6, 6.07) is 17.2. The van der Waals surface area contributed by atoms with Crippen LogP contribution in [0.25, 0.3) is 6.08 Å². The molecule has 20 heavy (non-hydrogen) atoms. The first-order valence-electron chi connectivity index (χ1n) is 6.91. The summed E-state index contributed by atoms with van der Waals surface area (Å²) < 4.78 is 3.74. The first-order valence-corrected chi connectivity index (χ1v) is 9.36. The molecule has 1 aliphatic rings. The summed E-state index contributed by atoms with van der Waals surface area (Å²) in [6.45, 7) is 2.22. The Balaban J connectivity index is 1.95. The molecule has 0 saturated carbocycles. The van der Waals surface area contributed by atoms with Gasteiger partial charge in [0.2, 0.25) is 0 Å². The molecule has 1 N–H and O–H groups in total. The number of anilines is 1. The summed E-state index contributed by atoms with van der Waals surface area (Å²) in [7, 11) is -1.05. The summed E-state index contributed by atoms with van der Waals surface area (Å²) in [4.78, 5) is 1.48. The minimum atomic E-state index is -1.05. The van der Waals surface area contributed by atoms with Gasteiger partial charge in [0.15, 0.2) is 0 Å². The molecule has 0 radical (unpaired) electrons. The lowest BCUT2D eigenvalue weighted by Crippen LogP contribution is -2.10. The fourth-order valence-corrected chi connectivity index (χ4v) is 4.90. The Labute approximate surface area is 123 Å². The first kappa shape index (κ1) is 13.3. The number of hydrogen-bond donors (Lipinski definition) is 1. The van der Waals surface area contributed by atoms with Crippen molar-refractivity contribution in [3.63, 3.8) is 0 Å². The molecule has 0 spiro atoms. The van der Waals surface area contributed by atoms with Gasteiger partial charge in [0.1, 0.15) is 0 Å². The van der Waals surface area contributed by atoms with Crippen LogP contribution in [0.2, 0.25) is 0 Å². The molecular formula is C18H21NS. The molecule has 2 aromatic carbocycles.